The Labute approximate surface area is 176 Å². The molecule has 1 N–H and O–H groups in total. The molecule has 3 aliphatic rings. The molecular formula is C23H29N4O3+. The van der Waals surface area contributed by atoms with Gasteiger partial charge in [-0.3, -0.25) is 4.98 Å². The molecule has 0 radical (unpaired) electrons. The lowest BCUT2D eigenvalue weighted by Gasteiger charge is -2.38. The van der Waals surface area contributed by atoms with Crippen LogP contribution in [-0.2, 0) is 17.8 Å². The van der Waals surface area contributed by atoms with Crippen LogP contribution in [-0.4, -0.2) is 51.4 Å². The summed E-state index contributed by atoms with van der Waals surface area (Å²) in [7, 11) is 0. The molecule has 0 saturated heterocycles. The Morgan fingerprint density at radius 2 is 2.17 bits per heavy atom. The molecule has 7 heteroatoms. The minimum atomic E-state index is -0.534. The largest absolute Gasteiger partial charge is 0.486 e. The monoisotopic (exact) mass is 409 g/mol. The van der Waals surface area contributed by atoms with Gasteiger partial charge >= 0.3 is 0 Å². The van der Waals surface area contributed by atoms with Gasteiger partial charge in [-0.05, 0) is 69.4 Å². The topological polar surface area (TPSA) is 79.3 Å². The van der Waals surface area contributed by atoms with Crippen molar-refractivity contribution >= 4 is 17.1 Å². The maximum absolute atomic E-state index is 9.94. The van der Waals surface area contributed by atoms with Crippen molar-refractivity contribution in [2.45, 2.75) is 63.9 Å². The van der Waals surface area contributed by atoms with Gasteiger partial charge in [-0.25, -0.2) is 0 Å². The predicted molar refractivity (Wildman–Crippen MR) is 113 cm³/mol. The Bertz CT molecular complexity index is 1040. The average molecular weight is 410 g/mol. The van der Waals surface area contributed by atoms with Gasteiger partial charge in [0.15, 0.2) is 6.54 Å². The van der Waals surface area contributed by atoms with Gasteiger partial charge < -0.3 is 14.6 Å². The first-order valence-electron chi connectivity index (χ1n) is 10.7. The van der Waals surface area contributed by atoms with Crippen molar-refractivity contribution in [1.29, 1.82) is 0 Å². The van der Waals surface area contributed by atoms with Crippen LogP contribution in [0.5, 0.6) is 5.75 Å². The summed E-state index contributed by atoms with van der Waals surface area (Å²) in [5.41, 5.74) is 2.50. The van der Waals surface area contributed by atoms with E-state index >= 15 is 0 Å². The minimum Gasteiger partial charge on any atom is -0.486 e. The molecule has 30 heavy (non-hydrogen) atoms. The summed E-state index contributed by atoms with van der Waals surface area (Å²) in [4.78, 5) is 4.57. The molecule has 2 aliphatic heterocycles. The number of fused-ring (bicyclic) bond motifs is 3. The SMILES string of the molecule is C[C@@H](Oc1ccc2ncc3c(c2c1)CCOC3)C1(C)C/[N+](=C/C2CC(C)(O)C2)N=N1. The molecule has 1 aliphatic carbocycles. The van der Waals surface area contributed by atoms with Crippen LogP contribution < -0.4 is 4.74 Å². The number of rotatable bonds is 4. The van der Waals surface area contributed by atoms with Crippen molar-refractivity contribution in [2.24, 2.45) is 16.3 Å². The highest BCUT2D eigenvalue weighted by atomic mass is 16.5. The van der Waals surface area contributed by atoms with E-state index in [9.17, 15) is 5.11 Å². The van der Waals surface area contributed by atoms with Crippen LogP contribution in [0.1, 0.15) is 44.7 Å². The summed E-state index contributed by atoms with van der Waals surface area (Å²) >= 11 is 0. The first-order chi connectivity index (χ1) is 14.3. The first kappa shape index (κ1) is 19.6. The zero-order valence-electron chi connectivity index (χ0n) is 17.8. The van der Waals surface area contributed by atoms with Crippen LogP contribution in [0.15, 0.2) is 34.7 Å². The fourth-order valence-corrected chi connectivity index (χ4v) is 4.71. The van der Waals surface area contributed by atoms with Crippen molar-refractivity contribution < 1.29 is 19.3 Å². The minimum absolute atomic E-state index is 0.141. The second-order valence-electron chi connectivity index (χ2n) is 9.46. The van der Waals surface area contributed by atoms with Gasteiger partial charge in [-0.2, -0.15) is 0 Å². The summed E-state index contributed by atoms with van der Waals surface area (Å²) in [6.07, 6.45) is 6.34. The summed E-state index contributed by atoms with van der Waals surface area (Å²) in [5, 5.41) is 20.0. The van der Waals surface area contributed by atoms with E-state index in [0.717, 1.165) is 48.1 Å². The third-order valence-corrected chi connectivity index (χ3v) is 6.64. The Kier molecular flexibility index (Phi) is 4.63. The summed E-state index contributed by atoms with van der Waals surface area (Å²) in [6.45, 7) is 8.05. The maximum Gasteiger partial charge on any atom is 0.249 e. The van der Waals surface area contributed by atoms with E-state index in [1.165, 1.54) is 5.56 Å². The molecule has 2 aromatic rings. The number of aliphatic hydroxyl groups is 1. The molecule has 1 aromatic heterocycles. The van der Waals surface area contributed by atoms with Gasteiger partial charge in [0.05, 0.1) is 30.5 Å². The Morgan fingerprint density at radius 1 is 1.33 bits per heavy atom. The third kappa shape index (κ3) is 3.61. The summed E-state index contributed by atoms with van der Waals surface area (Å²) in [5.74, 6) is 1.19. The molecule has 0 amide bonds. The number of aromatic nitrogens is 1. The van der Waals surface area contributed by atoms with E-state index in [2.05, 4.69) is 34.5 Å². The number of pyridine rings is 1. The number of nitrogens with zero attached hydrogens (tertiary/aromatic N) is 4. The lowest BCUT2D eigenvalue weighted by molar-refractivity contribution is -0.528. The highest BCUT2D eigenvalue weighted by Gasteiger charge is 2.48. The zero-order chi connectivity index (χ0) is 20.9. The molecular weight excluding hydrogens is 380 g/mol. The maximum atomic E-state index is 9.94. The lowest BCUT2D eigenvalue weighted by atomic mass is 9.73. The molecule has 0 bridgehead atoms. The van der Waals surface area contributed by atoms with Gasteiger partial charge in [0.25, 0.3) is 0 Å². The van der Waals surface area contributed by atoms with Crippen LogP contribution in [0.4, 0.5) is 0 Å². The highest BCUT2D eigenvalue weighted by Crippen LogP contribution is 2.36. The van der Waals surface area contributed by atoms with E-state index < -0.39 is 11.1 Å². The molecule has 7 nitrogen and oxygen atoms in total. The van der Waals surface area contributed by atoms with Crippen LogP contribution in [0, 0.1) is 5.92 Å². The van der Waals surface area contributed by atoms with E-state index in [1.807, 2.05) is 36.9 Å². The predicted octanol–water partition coefficient (Wildman–Crippen LogP) is 3.46. The molecule has 1 aromatic carbocycles. The van der Waals surface area contributed by atoms with Gasteiger partial charge in [0.1, 0.15) is 17.1 Å². The normalized spacial score (nSPS) is 32.8. The number of ether oxygens (including phenoxy) is 2. The second-order valence-corrected chi connectivity index (χ2v) is 9.46. The molecule has 0 spiro atoms. The molecule has 3 heterocycles. The zero-order valence-corrected chi connectivity index (χ0v) is 17.8. The van der Waals surface area contributed by atoms with Crippen molar-refractivity contribution in [3.63, 3.8) is 0 Å². The molecule has 1 fully saturated rings. The molecule has 2 atom stereocenters. The van der Waals surface area contributed by atoms with E-state index in [1.54, 1.807) is 0 Å². The highest BCUT2D eigenvalue weighted by molar-refractivity contribution is 5.84. The first-order valence-corrected chi connectivity index (χ1v) is 10.7. The number of benzene rings is 1. The Morgan fingerprint density at radius 3 is 2.97 bits per heavy atom. The Balaban J connectivity index is 1.31. The Hall–Kier alpha value is -2.38. The molecule has 158 valence electrons. The van der Waals surface area contributed by atoms with E-state index in [0.29, 0.717) is 19.1 Å². The second kappa shape index (κ2) is 7.10. The third-order valence-electron chi connectivity index (χ3n) is 6.64. The van der Waals surface area contributed by atoms with Crippen LogP contribution >= 0.6 is 0 Å². The van der Waals surface area contributed by atoms with Gasteiger partial charge in [0.2, 0.25) is 5.54 Å². The van der Waals surface area contributed by atoms with Crippen molar-refractivity contribution in [2.75, 3.05) is 13.2 Å². The van der Waals surface area contributed by atoms with Crippen LogP contribution in [0.2, 0.25) is 0 Å². The van der Waals surface area contributed by atoms with Gasteiger partial charge in [0, 0.05) is 22.6 Å². The standard InChI is InChI=1S/C23H29N4O3/c1-15(23(3)14-27(26-25-23)12-16-9-22(2,28)10-16)30-18-4-5-21-20(8-18)19-6-7-29-13-17(19)11-24-21/h4-5,8,11-12,15-16,28H,6-7,9-10,13-14H2,1-3H3/q+1/b27-12-/t15-,16?,22?,23?/m1/s1. The fraction of sp³-hybridized carbons (Fsp3) is 0.565. The number of hydrogen-bond acceptors (Lipinski definition) is 6. The quantitative estimate of drug-likeness (QED) is 0.785. The summed E-state index contributed by atoms with van der Waals surface area (Å²) < 4.78 is 13.8. The van der Waals surface area contributed by atoms with Crippen LogP contribution in [0.3, 0.4) is 0 Å². The van der Waals surface area contributed by atoms with Gasteiger partial charge in [-0.1, -0.05) is 0 Å². The van der Waals surface area contributed by atoms with Gasteiger partial charge in [-0.15, -0.1) is 4.68 Å². The molecule has 5 rings (SSSR count). The number of hydrogen-bond donors (Lipinski definition) is 1. The lowest BCUT2D eigenvalue weighted by Crippen LogP contribution is -2.44. The van der Waals surface area contributed by atoms with Crippen molar-refractivity contribution in [3.8, 4) is 5.75 Å². The van der Waals surface area contributed by atoms with Crippen LogP contribution in [0.25, 0.3) is 10.9 Å². The van der Waals surface area contributed by atoms with Crippen molar-refractivity contribution in [1.82, 2.24) is 4.98 Å². The molecule has 1 saturated carbocycles. The average Bonchev–Trinajstić information content (AvgIpc) is 3.08. The van der Waals surface area contributed by atoms with Crippen molar-refractivity contribution in [3.05, 3.63) is 35.5 Å². The van der Waals surface area contributed by atoms with E-state index in [4.69, 9.17) is 9.47 Å². The fourth-order valence-electron chi connectivity index (χ4n) is 4.71. The van der Waals surface area contributed by atoms with E-state index in [-0.39, 0.29) is 6.10 Å². The molecule has 1 unspecified atom stereocenters. The smallest absolute Gasteiger partial charge is 0.249 e. The summed E-state index contributed by atoms with van der Waals surface area (Å²) in [6, 6.07) is 6.10.